The smallest absolute Gasteiger partial charge is 0.225 e. The molecule has 1 unspecified atom stereocenters. The van der Waals surface area contributed by atoms with Gasteiger partial charge in [-0.15, -0.1) is 0 Å². The first-order valence-corrected chi connectivity index (χ1v) is 9.82. The molecule has 1 aromatic carbocycles. The van der Waals surface area contributed by atoms with Crippen molar-refractivity contribution in [3.05, 3.63) is 28.2 Å². The number of rotatable bonds is 7. The molecule has 0 spiro atoms. The fourth-order valence-electron chi connectivity index (χ4n) is 2.02. The molecule has 0 aliphatic rings. The zero-order chi connectivity index (χ0) is 16.9. The number of nitrogens with zero attached hydrogens (tertiary/aromatic N) is 1. The highest BCUT2D eigenvalue weighted by molar-refractivity contribution is 9.10. The van der Waals surface area contributed by atoms with Crippen LogP contribution in [0.4, 0.5) is 5.69 Å². The molecule has 22 heavy (non-hydrogen) atoms. The first kappa shape index (κ1) is 19.1. The molecular formula is C15H23BrN2O3S. The van der Waals surface area contributed by atoms with E-state index in [9.17, 15) is 13.2 Å². The van der Waals surface area contributed by atoms with Crippen LogP contribution >= 0.6 is 15.9 Å². The largest absolute Gasteiger partial charge is 0.326 e. The Hall–Kier alpha value is -0.920. The zero-order valence-corrected chi connectivity index (χ0v) is 15.8. The van der Waals surface area contributed by atoms with E-state index in [1.807, 2.05) is 39.0 Å². The number of aryl methyl sites for hydroxylation is 1. The summed E-state index contributed by atoms with van der Waals surface area (Å²) in [5, 5.41) is 2.78. The van der Waals surface area contributed by atoms with Gasteiger partial charge in [0.05, 0.1) is 6.26 Å². The average molecular weight is 391 g/mol. The van der Waals surface area contributed by atoms with Crippen LogP contribution in [0.2, 0.25) is 0 Å². The highest BCUT2D eigenvalue weighted by Gasteiger charge is 2.22. The molecule has 0 aromatic heterocycles. The molecule has 0 bridgehead atoms. The third-order valence-electron chi connectivity index (χ3n) is 3.52. The summed E-state index contributed by atoms with van der Waals surface area (Å²) in [5.74, 6) is -0.201. The van der Waals surface area contributed by atoms with Crippen LogP contribution in [0.3, 0.4) is 0 Å². The molecule has 0 radical (unpaired) electrons. The van der Waals surface area contributed by atoms with Gasteiger partial charge in [0, 0.05) is 29.2 Å². The van der Waals surface area contributed by atoms with Crippen LogP contribution in [-0.2, 0) is 14.8 Å². The van der Waals surface area contributed by atoms with Crippen molar-refractivity contribution in [2.24, 2.45) is 0 Å². The number of sulfonamides is 1. The van der Waals surface area contributed by atoms with E-state index in [1.54, 1.807) is 0 Å². The summed E-state index contributed by atoms with van der Waals surface area (Å²) in [6, 6.07) is 5.44. The quantitative estimate of drug-likeness (QED) is 0.777. The van der Waals surface area contributed by atoms with Gasteiger partial charge in [-0.05, 0) is 38.0 Å². The predicted octanol–water partition coefficient (Wildman–Crippen LogP) is 3.15. The van der Waals surface area contributed by atoms with E-state index in [-0.39, 0.29) is 24.9 Å². The van der Waals surface area contributed by atoms with Crippen LogP contribution in [0.15, 0.2) is 22.7 Å². The average Bonchev–Trinajstić information content (AvgIpc) is 2.41. The summed E-state index contributed by atoms with van der Waals surface area (Å²) >= 11 is 3.41. The minimum Gasteiger partial charge on any atom is -0.326 e. The maximum atomic E-state index is 12.0. The fourth-order valence-corrected chi connectivity index (χ4v) is 3.63. The molecule has 5 nitrogen and oxygen atoms in total. The highest BCUT2D eigenvalue weighted by atomic mass is 79.9. The predicted molar refractivity (Wildman–Crippen MR) is 93.4 cm³/mol. The van der Waals surface area contributed by atoms with E-state index < -0.39 is 10.0 Å². The van der Waals surface area contributed by atoms with Crippen molar-refractivity contribution < 1.29 is 13.2 Å². The monoisotopic (exact) mass is 390 g/mol. The van der Waals surface area contributed by atoms with Gasteiger partial charge >= 0.3 is 0 Å². The van der Waals surface area contributed by atoms with Gasteiger partial charge in [-0.2, -0.15) is 4.31 Å². The molecule has 7 heteroatoms. The van der Waals surface area contributed by atoms with Crippen molar-refractivity contribution in [2.75, 3.05) is 18.1 Å². The van der Waals surface area contributed by atoms with Gasteiger partial charge in [-0.1, -0.05) is 28.9 Å². The van der Waals surface area contributed by atoms with E-state index in [0.29, 0.717) is 12.1 Å². The van der Waals surface area contributed by atoms with Gasteiger partial charge in [-0.25, -0.2) is 8.42 Å². The van der Waals surface area contributed by atoms with Crippen LogP contribution in [0.5, 0.6) is 0 Å². The fraction of sp³-hybridized carbons (Fsp3) is 0.533. The number of amides is 1. The van der Waals surface area contributed by atoms with E-state index in [4.69, 9.17) is 0 Å². The molecule has 1 atom stereocenters. The molecule has 1 aromatic rings. The first-order valence-electron chi connectivity index (χ1n) is 7.18. The second kappa shape index (κ2) is 8.08. The number of hydrogen-bond acceptors (Lipinski definition) is 3. The molecule has 1 amide bonds. The Labute approximate surface area is 141 Å². The summed E-state index contributed by atoms with van der Waals surface area (Å²) in [6.45, 7) is 5.92. The Morgan fingerprint density at radius 2 is 2.05 bits per heavy atom. The molecule has 124 valence electrons. The Morgan fingerprint density at radius 3 is 2.55 bits per heavy atom. The minimum atomic E-state index is -3.31. The number of benzene rings is 1. The summed E-state index contributed by atoms with van der Waals surface area (Å²) in [7, 11) is -3.31. The topological polar surface area (TPSA) is 66.5 Å². The summed E-state index contributed by atoms with van der Waals surface area (Å²) in [6.07, 6.45) is 2.01. The normalized spacial score (nSPS) is 13.2. The van der Waals surface area contributed by atoms with Gasteiger partial charge in [-0.3, -0.25) is 4.79 Å². The van der Waals surface area contributed by atoms with Gasteiger partial charge in [0.25, 0.3) is 0 Å². The van der Waals surface area contributed by atoms with E-state index >= 15 is 0 Å². The highest BCUT2D eigenvalue weighted by Crippen LogP contribution is 2.20. The van der Waals surface area contributed by atoms with Crippen LogP contribution in [0.1, 0.15) is 32.3 Å². The molecule has 0 aliphatic heterocycles. The molecule has 0 saturated carbocycles. The molecule has 0 heterocycles. The van der Waals surface area contributed by atoms with Crippen LogP contribution < -0.4 is 5.32 Å². The van der Waals surface area contributed by atoms with E-state index in [0.717, 1.165) is 10.0 Å². The van der Waals surface area contributed by atoms with Crippen LogP contribution in [0.25, 0.3) is 0 Å². The van der Waals surface area contributed by atoms with Crippen molar-refractivity contribution >= 4 is 37.5 Å². The standard InChI is InChI=1S/C15H23BrN2O3S/c1-5-12(3)18(22(4,20)21)9-8-15(19)17-13-7-6-11(2)14(16)10-13/h6-7,10,12H,5,8-9H2,1-4H3,(H,17,19). The molecule has 0 aliphatic carbocycles. The molecule has 0 saturated heterocycles. The van der Waals surface area contributed by atoms with Crippen molar-refractivity contribution in [3.8, 4) is 0 Å². The van der Waals surface area contributed by atoms with Crippen molar-refractivity contribution in [1.29, 1.82) is 0 Å². The Kier molecular flexibility index (Phi) is 7.02. The minimum absolute atomic E-state index is 0.115. The van der Waals surface area contributed by atoms with Crippen LogP contribution in [0, 0.1) is 6.92 Å². The lowest BCUT2D eigenvalue weighted by molar-refractivity contribution is -0.116. The molecule has 0 fully saturated rings. The van der Waals surface area contributed by atoms with E-state index in [2.05, 4.69) is 21.2 Å². The van der Waals surface area contributed by atoms with Crippen molar-refractivity contribution in [3.63, 3.8) is 0 Å². The maximum absolute atomic E-state index is 12.0. The molecular weight excluding hydrogens is 368 g/mol. The molecule has 1 rings (SSSR count). The van der Waals surface area contributed by atoms with Crippen molar-refractivity contribution in [2.45, 2.75) is 39.7 Å². The first-order chi connectivity index (χ1) is 10.1. The second-order valence-corrected chi connectivity index (χ2v) is 8.18. The summed E-state index contributed by atoms with van der Waals surface area (Å²) in [4.78, 5) is 12.0. The number of carbonyl (C=O) groups excluding carboxylic acids is 1. The van der Waals surface area contributed by atoms with Gasteiger partial charge in [0.2, 0.25) is 15.9 Å². The second-order valence-electron chi connectivity index (χ2n) is 5.39. The maximum Gasteiger partial charge on any atom is 0.225 e. The third-order valence-corrected chi connectivity index (χ3v) is 5.77. The lowest BCUT2D eigenvalue weighted by atomic mass is 10.2. The number of nitrogens with one attached hydrogen (secondary N) is 1. The number of hydrogen-bond donors (Lipinski definition) is 1. The van der Waals surface area contributed by atoms with Gasteiger partial charge < -0.3 is 5.32 Å². The molecule has 1 N–H and O–H groups in total. The SMILES string of the molecule is CCC(C)N(CCC(=O)Nc1ccc(C)c(Br)c1)S(C)(=O)=O. The van der Waals surface area contributed by atoms with Crippen LogP contribution in [-0.4, -0.2) is 37.5 Å². The summed E-state index contributed by atoms with van der Waals surface area (Å²) in [5.41, 5.74) is 1.77. The lowest BCUT2D eigenvalue weighted by Crippen LogP contribution is -2.39. The van der Waals surface area contributed by atoms with Gasteiger partial charge in [0.1, 0.15) is 0 Å². The van der Waals surface area contributed by atoms with E-state index in [1.165, 1.54) is 10.6 Å². The Balaban J connectivity index is 2.66. The number of anilines is 1. The third kappa shape index (κ3) is 5.70. The number of halogens is 1. The zero-order valence-electron chi connectivity index (χ0n) is 13.4. The lowest BCUT2D eigenvalue weighted by Gasteiger charge is -2.25. The number of carbonyl (C=O) groups is 1. The van der Waals surface area contributed by atoms with Crippen molar-refractivity contribution in [1.82, 2.24) is 4.31 Å². The summed E-state index contributed by atoms with van der Waals surface area (Å²) < 4.78 is 25.8. The Morgan fingerprint density at radius 1 is 1.41 bits per heavy atom. The Bertz CT molecular complexity index is 632. The van der Waals surface area contributed by atoms with Gasteiger partial charge in [0.15, 0.2) is 0 Å².